The van der Waals surface area contributed by atoms with Crippen LogP contribution in [-0.4, -0.2) is 26.7 Å². The highest BCUT2D eigenvalue weighted by Crippen LogP contribution is 2.22. The second kappa shape index (κ2) is 7.49. The van der Waals surface area contributed by atoms with Crippen LogP contribution in [-0.2, 0) is 11.2 Å². The molecule has 0 aliphatic rings. The van der Waals surface area contributed by atoms with E-state index in [1.165, 1.54) is 0 Å². The zero-order valence-corrected chi connectivity index (χ0v) is 15.4. The molecular formula is C20H21N3O4. The average molecular weight is 367 g/mol. The van der Waals surface area contributed by atoms with Crippen molar-refractivity contribution in [2.45, 2.75) is 33.6 Å². The molecular weight excluding hydrogens is 346 g/mol. The van der Waals surface area contributed by atoms with Crippen molar-refractivity contribution in [2.75, 3.05) is 5.32 Å². The molecule has 2 heterocycles. The fourth-order valence-electron chi connectivity index (χ4n) is 3.01. The molecule has 0 unspecified atom stereocenters. The summed E-state index contributed by atoms with van der Waals surface area (Å²) >= 11 is 0. The Bertz CT molecular complexity index is 983. The second-order valence-corrected chi connectivity index (χ2v) is 6.46. The number of carbonyl (C=O) groups excluding carboxylic acids is 1. The molecule has 2 aromatic heterocycles. The molecule has 1 amide bonds. The number of hydrogen-bond donors (Lipinski definition) is 2. The monoisotopic (exact) mass is 367 g/mol. The van der Waals surface area contributed by atoms with Crippen molar-refractivity contribution in [3.63, 3.8) is 0 Å². The van der Waals surface area contributed by atoms with Crippen molar-refractivity contribution in [1.82, 2.24) is 9.72 Å². The first-order valence-corrected chi connectivity index (χ1v) is 8.60. The standard InChI is InChI=1S/C20H21N3O4/c1-12-10-17(14(3)23(12)18-11-13(2)27-22-18)20(26)21-16-7-4-15(5-8-16)6-9-19(24)25/h4-5,7-8,10-11H,6,9H2,1-3H3,(H,21,26)(H,24,25). The number of rotatable bonds is 6. The first kappa shape index (κ1) is 18.4. The molecule has 0 aliphatic carbocycles. The molecule has 1 aromatic carbocycles. The van der Waals surface area contributed by atoms with Gasteiger partial charge in [0.2, 0.25) is 0 Å². The third-order valence-corrected chi connectivity index (χ3v) is 4.36. The molecule has 2 N–H and O–H groups in total. The highest BCUT2D eigenvalue weighted by Gasteiger charge is 2.18. The minimum atomic E-state index is -0.829. The molecule has 0 fully saturated rings. The Labute approximate surface area is 156 Å². The van der Waals surface area contributed by atoms with Crippen molar-refractivity contribution < 1.29 is 19.2 Å². The topological polar surface area (TPSA) is 97.4 Å². The number of benzene rings is 1. The van der Waals surface area contributed by atoms with E-state index in [0.29, 0.717) is 29.2 Å². The van der Waals surface area contributed by atoms with Gasteiger partial charge in [-0.05, 0) is 51.0 Å². The Kier molecular flexibility index (Phi) is 5.12. The summed E-state index contributed by atoms with van der Waals surface area (Å²) in [5, 5.41) is 15.6. The van der Waals surface area contributed by atoms with E-state index >= 15 is 0 Å². The molecule has 140 valence electrons. The molecule has 0 bridgehead atoms. The van der Waals surface area contributed by atoms with Crippen LogP contribution in [0.3, 0.4) is 0 Å². The molecule has 3 rings (SSSR count). The van der Waals surface area contributed by atoms with Crippen molar-refractivity contribution in [3.05, 3.63) is 64.7 Å². The highest BCUT2D eigenvalue weighted by atomic mass is 16.5. The Hall–Kier alpha value is -3.35. The van der Waals surface area contributed by atoms with E-state index < -0.39 is 5.97 Å². The maximum atomic E-state index is 12.7. The summed E-state index contributed by atoms with van der Waals surface area (Å²) in [5.41, 5.74) is 3.78. The van der Waals surface area contributed by atoms with Crippen molar-refractivity contribution in [3.8, 4) is 5.82 Å². The van der Waals surface area contributed by atoms with Gasteiger partial charge >= 0.3 is 5.97 Å². The average Bonchev–Trinajstić information content (AvgIpc) is 3.16. The third kappa shape index (κ3) is 4.08. The summed E-state index contributed by atoms with van der Waals surface area (Å²) in [5.74, 6) is 0.300. The molecule has 3 aromatic rings. The van der Waals surface area contributed by atoms with Gasteiger partial charge in [0.05, 0.1) is 5.56 Å². The smallest absolute Gasteiger partial charge is 0.303 e. The fraction of sp³-hybridized carbons (Fsp3) is 0.250. The molecule has 0 spiro atoms. The predicted molar refractivity (Wildman–Crippen MR) is 100 cm³/mol. The summed E-state index contributed by atoms with van der Waals surface area (Å²) in [6.45, 7) is 5.59. The minimum absolute atomic E-state index is 0.0826. The van der Waals surface area contributed by atoms with Crippen LogP contribution in [0.15, 0.2) is 40.9 Å². The highest BCUT2D eigenvalue weighted by molar-refractivity contribution is 6.05. The normalized spacial score (nSPS) is 10.8. The summed E-state index contributed by atoms with van der Waals surface area (Å²) in [4.78, 5) is 23.3. The number of aliphatic carboxylic acids is 1. The van der Waals surface area contributed by atoms with Crippen LogP contribution in [0.1, 0.15) is 39.5 Å². The number of nitrogens with zero attached hydrogens (tertiary/aromatic N) is 2. The first-order chi connectivity index (χ1) is 12.8. The first-order valence-electron chi connectivity index (χ1n) is 8.60. The molecule has 7 heteroatoms. The zero-order valence-electron chi connectivity index (χ0n) is 15.4. The lowest BCUT2D eigenvalue weighted by molar-refractivity contribution is -0.136. The van der Waals surface area contributed by atoms with E-state index in [0.717, 1.165) is 17.0 Å². The molecule has 0 saturated heterocycles. The molecule has 0 atom stereocenters. The number of aryl methyl sites for hydroxylation is 3. The Balaban J connectivity index is 1.76. The van der Waals surface area contributed by atoms with Gasteiger partial charge in [0.25, 0.3) is 5.91 Å². The zero-order chi connectivity index (χ0) is 19.6. The molecule has 7 nitrogen and oxygen atoms in total. The van der Waals surface area contributed by atoms with Crippen LogP contribution < -0.4 is 5.32 Å². The minimum Gasteiger partial charge on any atom is -0.481 e. The van der Waals surface area contributed by atoms with E-state index in [4.69, 9.17) is 9.63 Å². The van der Waals surface area contributed by atoms with Crippen LogP contribution in [0.25, 0.3) is 5.82 Å². The predicted octanol–water partition coefficient (Wildman–Crippen LogP) is 3.66. The lowest BCUT2D eigenvalue weighted by Gasteiger charge is -2.07. The molecule has 27 heavy (non-hydrogen) atoms. The Morgan fingerprint density at radius 1 is 1.15 bits per heavy atom. The Morgan fingerprint density at radius 3 is 2.44 bits per heavy atom. The summed E-state index contributed by atoms with van der Waals surface area (Å²) in [6.07, 6.45) is 0.543. The van der Waals surface area contributed by atoms with Gasteiger partial charge < -0.3 is 14.9 Å². The van der Waals surface area contributed by atoms with Gasteiger partial charge in [-0.1, -0.05) is 17.3 Å². The maximum absolute atomic E-state index is 12.7. The van der Waals surface area contributed by atoms with Gasteiger partial charge in [0.15, 0.2) is 5.82 Å². The van der Waals surface area contributed by atoms with E-state index in [1.807, 2.05) is 49.6 Å². The number of carboxylic acid groups (broad SMARTS) is 1. The van der Waals surface area contributed by atoms with Gasteiger partial charge in [0.1, 0.15) is 5.76 Å². The number of anilines is 1. The van der Waals surface area contributed by atoms with Crippen LogP contribution in [0.4, 0.5) is 5.69 Å². The fourth-order valence-corrected chi connectivity index (χ4v) is 3.01. The van der Waals surface area contributed by atoms with Crippen molar-refractivity contribution >= 4 is 17.6 Å². The molecule has 0 radical (unpaired) electrons. The number of nitrogens with one attached hydrogen (secondary N) is 1. The number of amides is 1. The van der Waals surface area contributed by atoms with Crippen molar-refractivity contribution in [1.29, 1.82) is 0 Å². The third-order valence-electron chi connectivity index (χ3n) is 4.36. The van der Waals surface area contributed by atoms with Gasteiger partial charge in [0, 0.05) is 29.6 Å². The summed E-state index contributed by atoms with van der Waals surface area (Å²) < 4.78 is 7.01. The van der Waals surface area contributed by atoms with E-state index in [9.17, 15) is 9.59 Å². The van der Waals surface area contributed by atoms with Gasteiger partial charge in [-0.25, -0.2) is 0 Å². The summed E-state index contributed by atoms with van der Waals surface area (Å²) in [7, 11) is 0. The number of hydrogen-bond acceptors (Lipinski definition) is 4. The summed E-state index contributed by atoms with van der Waals surface area (Å²) in [6, 6.07) is 10.8. The van der Waals surface area contributed by atoms with Gasteiger partial charge in [-0.15, -0.1) is 0 Å². The number of carboxylic acids is 1. The number of carbonyl (C=O) groups is 2. The quantitative estimate of drug-likeness (QED) is 0.693. The van der Waals surface area contributed by atoms with E-state index in [-0.39, 0.29) is 12.3 Å². The Morgan fingerprint density at radius 2 is 1.85 bits per heavy atom. The maximum Gasteiger partial charge on any atom is 0.303 e. The van der Waals surface area contributed by atoms with Gasteiger partial charge in [-0.2, -0.15) is 0 Å². The van der Waals surface area contributed by atoms with E-state index in [2.05, 4.69) is 10.5 Å². The van der Waals surface area contributed by atoms with Crippen LogP contribution in [0.2, 0.25) is 0 Å². The van der Waals surface area contributed by atoms with Crippen LogP contribution in [0.5, 0.6) is 0 Å². The van der Waals surface area contributed by atoms with Crippen LogP contribution in [0, 0.1) is 20.8 Å². The lowest BCUT2D eigenvalue weighted by atomic mass is 10.1. The molecule has 0 aliphatic heterocycles. The van der Waals surface area contributed by atoms with Gasteiger partial charge in [-0.3, -0.25) is 14.2 Å². The SMILES string of the molecule is Cc1cc(-n2c(C)cc(C(=O)Nc3ccc(CCC(=O)O)cc3)c2C)no1. The lowest BCUT2D eigenvalue weighted by Crippen LogP contribution is -2.13. The number of aromatic nitrogens is 2. The van der Waals surface area contributed by atoms with Crippen molar-refractivity contribution in [2.24, 2.45) is 0 Å². The largest absolute Gasteiger partial charge is 0.481 e. The molecule has 0 saturated carbocycles. The van der Waals surface area contributed by atoms with E-state index in [1.54, 1.807) is 12.1 Å². The second-order valence-electron chi connectivity index (χ2n) is 6.46. The van der Waals surface area contributed by atoms with Crippen LogP contribution >= 0.6 is 0 Å².